The molecule has 2 aromatic heterocycles. The van der Waals surface area contributed by atoms with Crippen molar-refractivity contribution in [3.05, 3.63) is 104 Å². The highest BCUT2D eigenvalue weighted by atomic mass is 35.5. The van der Waals surface area contributed by atoms with E-state index in [1.165, 1.54) is 17.5 Å². The van der Waals surface area contributed by atoms with E-state index in [2.05, 4.69) is 5.32 Å². The Kier molecular flexibility index (Phi) is 8.56. The molecular formula is C27H28ClN3O4S. The fourth-order valence-corrected chi connectivity index (χ4v) is 5.38. The molecule has 9 heteroatoms. The van der Waals surface area contributed by atoms with Crippen molar-refractivity contribution in [1.29, 1.82) is 0 Å². The number of carbonyl (C=O) groups is 1. The fraction of sp³-hybridized carbons (Fsp3) is 0.259. The first kappa shape index (κ1) is 26.1. The van der Waals surface area contributed by atoms with Gasteiger partial charge in [-0.05, 0) is 36.4 Å². The molecule has 0 radical (unpaired) electrons. The molecule has 0 aliphatic carbocycles. The fourth-order valence-electron chi connectivity index (χ4n) is 4.03. The molecule has 0 saturated carbocycles. The van der Waals surface area contributed by atoms with E-state index in [-0.39, 0.29) is 30.7 Å². The van der Waals surface area contributed by atoms with Crippen LogP contribution in [0.4, 0.5) is 0 Å². The Balaban J connectivity index is 1.54. The number of nitrogens with one attached hydrogen (secondary N) is 1. The molecule has 0 spiro atoms. The maximum Gasteiger partial charge on any atom is 0.257 e. The zero-order valence-corrected chi connectivity index (χ0v) is 21.4. The number of aliphatic hydroxyl groups is 2. The summed E-state index contributed by atoms with van der Waals surface area (Å²) in [5.74, 6) is -0.473. The van der Waals surface area contributed by atoms with Crippen LogP contribution >= 0.6 is 22.9 Å². The number of fused-ring (bicyclic) bond motifs is 1. The van der Waals surface area contributed by atoms with Crippen LogP contribution < -0.4 is 10.7 Å². The molecule has 0 aliphatic rings. The van der Waals surface area contributed by atoms with Crippen LogP contribution in [0.2, 0.25) is 5.02 Å². The Bertz CT molecular complexity index is 1390. The van der Waals surface area contributed by atoms with Gasteiger partial charge in [0.1, 0.15) is 10.4 Å². The van der Waals surface area contributed by atoms with Gasteiger partial charge >= 0.3 is 0 Å². The van der Waals surface area contributed by atoms with Crippen molar-refractivity contribution >= 4 is 39.1 Å². The number of thiophene rings is 1. The number of aliphatic hydroxyl groups excluding tert-OH is 2. The van der Waals surface area contributed by atoms with Crippen LogP contribution in [0.5, 0.6) is 0 Å². The number of hydrogen-bond acceptors (Lipinski definition) is 6. The lowest BCUT2D eigenvalue weighted by molar-refractivity contribution is 0.0949. The van der Waals surface area contributed by atoms with E-state index in [0.717, 1.165) is 16.0 Å². The van der Waals surface area contributed by atoms with E-state index >= 15 is 0 Å². The van der Waals surface area contributed by atoms with Crippen molar-refractivity contribution in [3.63, 3.8) is 0 Å². The van der Waals surface area contributed by atoms with Gasteiger partial charge in [-0.25, -0.2) is 0 Å². The molecule has 3 N–H and O–H groups in total. The second kappa shape index (κ2) is 11.8. The van der Waals surface area contributed by atoms with Gasteiger partial charge in [0.15, 0.2) is 0 Å². The van der Waals surface area contributed by atoms with E-state index in [4.69, 9.17) is 11.6 Å². The van der Waals surface area contributed by atoms with E-state index in [1.54, 1.807) is 22.8 Å². The monoisotopic (exact) mass is 525 g/mol. The Labute approximate surface area is 218 Å². The number of amides is 1. The summed E-state index contributed by atoms with van der Waals surface area (Å²) in [6, 6.07) is 18.4. The van der Waals surface area contributed by atoms with E-state index < -0.39 is 12.0 Å². The maximum atomic E-state index is 13.2. The molecule has 36 heavy (non-hydrogen) atoms. The molecule has 0 unspecified atom stereocenters. The Morgan fingerprint density at radius 2 is 1.89 bits per heavy atom. The van der Waals surface area contributed by atoms with Gasteiger partial charge in [-0.15, -0.1) is 11.3 Å². The van der Waals surface area contributed by atoms with Crippen molar-refractivity contribution in [3.8, 4) is 0 Å². The molecule has 4 aromatic rings. The number of benzene rings is 2. The lowest BCUT2D eigenvalue weighted by atomic mass is 10.1. The number of pyridine rings is 1. The predicted octanol–water partition coefficient (Wildman–Crippen LogP) is 3.80. The van der Waals surface area contributed by atoms with Crippen LogP contribution in [-0.2, 0) is 19.6 Å². The second-order valence-corrected chi connectivity index (χ2v) is 10.2. The summed E-state index contributed by atoms with van der Waals surface area (Å²) in [6.45, 7) is 1.35. The molecule has 0 fully saturated rings. The molecule has 1 atom stereocenters. The number of rotatable bonds is 10. The van der Waals surface area contributed by atoms with Crippen molar-refractivity contribution in [2.45, 2.75) is 25.7 Å². The van der Waals surface area contributed by atoms with Crippen LogP contribution in [0.1, 0.15) is 32.5 Å². The molecule has 2 aromatic carbocycles. The first-order valence-electron chi connectivity index (χ1n) is 11.6. The van der Waals surface area contributed by atoms with Gasteiger partial charge < -0.3 is 20.1 Å². The summed E-state index contributed by atoms with van der Waals surface area (Å²) in [4.78, 5) is 29.8. The van der Waals surface area contributed by atoms with Crippen LogP contribution in [0.15, 0.2) is 71.7 Å². The minimum absolute atomic E-state index is 0.0297. The lowest BCUT2D eigenvalue weighted by Crippen LogP contribution is -2.29. The third kappa shape index (κ3) is 6.21. The average molecular weight is 526 g/mol. The minimum atomic E-state index is -0.629. The van der Waals surface area contributed by atoms with Crippen LogP contribution in [0, 0.1) is 0 Å². The topological polar surface area (TPSA) is 94.8 Å². The van der Waals surface area contributed by atoms with Crippen LogP contribution in [-0.4, -0.2) is 45.8 Å². The van der Waals surface area contributed by atoms with Crippen LogP contribution in [0.25, 0.3) is 10.2 Å². The normalized spacial score (nSPS) is 12.2. The molecule has 0 aliphatic heterocycles. The smallest absolute Gasteiger partial charge is 0.257 e. The van der Waals surface area contributed by atoms with E-state index in [9.17, 15) is 19.8 Å². The van der Waals surface area contributed by atoms with Crippen molar-refractivity contribution in [2.24, 2.45) is 0 Å². The summed E-state index contributed by atoms with van der Waals surface area (Å²) >= 11 is 7.36. The first-order valence-corrected chi connectivity index (χ1v) is 12.8. The second-order valence-electron chi connectivity index (χ2n) is 8.65. The largest absolute Gasteiger partial charge is 0.395 e. The van der Waals surface area contributed by atoms with Gasteiger partial charge in [0.25, 0.3) is 5.91 Å². The maximum absolute atomic E-state index is 13.2. The molecule has 7 nitrogen and oxygen atoms in total. The summed E-state index contributed by atoms with van der Waals surface area (Å²) < 4.78 is 1.75. The van der Waals surface area contributed by atoms with Gasteiger partial charge in [0.05, 0.1) is 18.1 Å². The Hall–Kier alpha value is -3.01. The predicted molar refractivity (Wildman–Crippen MR) is 144 cm³/mol. The number of carbonyl (C=O) groups excluding carboxylic acids is 1. The van der Waals surface area contributed by atoms with E-state index in [0.29, 0.717) is 28.3 Å². The number of hydrogen-bond donors (Lipinski definition) is 3. The quantitative estimate of drug-likeness (QED) is 0.293. The molecule has 0 bridgehead atoms. The molecule has 0 saturated heterocycles. The number of halogens is 1. The van der Waals surface area contributed by atoms with Gasteiger partial charge in [-0.1, -0.05) is 54.1 Å². The standard InChI is InChI=1S/C27H28ClN3O4S/c1-30(17-24(33)19-5-3-2-4-6-19)15-21-13-22-25(34)23(16-31(11-12-32)27(22)36-21)26(35)29-14-18-7-9-20(28)10-8-18/h2-10,13,16,24,32-33H,11-12,14-15,17H2,1H3,(H,29,35)/t24-/m0/s1. The summed E-state index contributed by atoms with van der Waals surface area (Å²) in [6.07, 6.45) is 0.886. The molecule has 188 valence electrons. The zero-order chi connectivity index (χ0) is 25.7. The van der Waals surface area contributed by atoms with Gasteiger partial charge in [-0.2, -0.15) is 0 Å². The van der Waals surface area contributed by atoms with Gasteiger partial charge in [0.2, 0.25) is 5.43 Å². The summed E-state index contributed by atoms with van der Waals surface area (Å²) in [5, 5.41) is 24.0. The lowest BCUT2D eigenvalue weighted by Gasteiger charge is -2.20. The van der Waals surface area contributed by atoms with Crippen molar-refractivity contribution in [1.82, 2.24) is 14.8 Å². The highest BCUT2D eigenvalue weighted by molar-refractivity contribution is 7.18. The molecule has 2 heterocycles. The molecule has 4 rings (SSSR count). The highest BCUT2D eigenvalue weighted by Gasteiger charge is 2.19. The molecule has 1 amide bonds. The number of nitrogens with zero attached hydrogens (tertiary/aromatic N) is 2. The van der Waals surface area contributed by atoms with Crippen molar-refractivity contribution in [2.75, 3.05) is 20.2 Å². The minimum Gasteiger partial charge on any atom is -0.395 e. The highest BCUT2D eigenvalue weighted by Crippen LogP contribution is 2.26. The van der Waals surface area contributed by atoms with E-state index in [1.807, 2.05) is 54.4 Å². The summed E-state index contributed by atoms with van der Waals surface area (Å²) in [5.41, 5.74) is 1.39. The number of aromatic nitrogens is 1. The Morgan fingerprint density at radius 1 is 1.17 bits per heavy atom. The van der Waals surface area contributed by atoms with Crippen molar-refractivity contribution < 1.29 is 15.0 Å². The third-order valence-corrected chi connectivity index (χ3v) is 7.25. The SMILES string of the molecule is CN(Cc1cc2c(=O)c(C(=O)NCc3ccc(Cl)cc3)cn(CCO)c2s1)C[C@H](O)c1ccccc1. The van der Waals surface area contributed by atoms with Crippen LogP contribution in [0.3, 0.4) is 0 Å². The van der Waals surface area contributed by atoms with Gasteiger partial charge in [-0.3, -0.25) is 14.5 Å². The molecular weight excluding hydrogens is 498 g/mol. The van der Waals surface area contributed by atoms with Gasteiger partial charge in [0, 0.05) is 42.3 Å². The average Bonchev–Trinajstić information content (AvgIpc) is 3.30. The zero-order valence-electron chi connectivity index (χ0n) is 19.9. The summed E-state index contributed by atoms with van der Waals surface area (Å²) in [7, 11) is 1.91. The Morgan fingerprint density at radius 3 is 2.58 bits per heavy atom. The first-order chi connectivity index (χ1) is 17.4. The third-order valence-electron chi connectivity index (χ3n) is 5.85. The number of likely N-dealkylation sites (N-methyl/N-ethyl adjacent to an activating group) is 1.